The molecule has 1 heterocycles. The van der Waals surface area contributed by atoms with Crippen LogP contribution >= 0.6 is 11.6 Å². The van der Waals surface area contributed by atoms with Crippen molar-refractivity contribution in [1.82, 2.24) is 9.97 Å². The van der Waals surface area contributed by atoms with E-state index < -0.39 is 12.0 Å². The molecule has 1 rings (SSSR count). The zero-order chi connectivity index (χ0) is 10.0. The normalized spacial score (nSPS) is 12.5. The molecule has 0 aromatic carbocycles. The lowest BCUT2D eigenvalue weighted by atomic mass is 10.2. The first-order valence-corrected chi connectivity index (χ1v) is 3.87. The van der Waals surface area contributed by atoms with Crippen molar-refractivity contribution < 1.29 is 9.90 Å². The van der Waals surface area contributed by atoms with E-state index >= 15 is 0 Å². The molecule has 6 heteroatoms. The molecule has 0 fully saturated rings. The van der Waals surface area contributed by atoms with Gasteiger partial charge in [0.15, 0.2) is 0 Å². The molecule has 70 valence electrons. The van der Waals surface area contributed by atoms with Crippen LogP contribution in [0.15, 0.2) is 6.20 Å². The quantitative estimate of drug-likeness (QED) is 0.728. The highest BCUT2D eigenvalue weighted by atomic mass is 35.5. The Labute approximate surface area is 79.6 Å². The first-order valence-electron chi connectivity index (χ1n) is 3.50. The number of hydrogen-bond acceptors (Lipinski definition) is 4. The van der Waals surface area contributed by atoms with Crippen LogP contribution in [0.3, 0.4) is 0 Å². The smallest absolute Gasteiger partial charge is 0.326 e. The van der Waals surface area contributed by atoms with E-state index in [-0.39, 0.29) is 10.8 Å². The molecule has 0 saturated carbocycles. The Morgan fingerprint density at radius 2 is 2.38 bits per heavy atom. The molecule has 5 nitrogen and oxygen atoms in total. The van der Waals surface area contributed by atoms with E-state index in [1.165, 1.54) is 6.20 Å². The molecule has 0 aliphatic rings. The van der Waals surface area contributed by atoms with Crippen molar-refractivity contribution in [2.24, 2.45) is 5.73 Å². The van der Waals surface area contributed by atoms with Crippen molar-refractivity contribution in [2.75, 3.05) is 0 Å². The van der Waals surface area contributed by atoms with E-state index in [1.807, 2.05) is 0 Å². The Balaban J connectivity index is 3.03. The number of carboxylic acids is 1. The van der Waals surface area contributed by atoms with Gasteiger partial charge in [0.2, 0.25) is 0 Å². The first kappa shape index (κ1) is 9.88. The van der Waals surface area contributed by atoms with E-state index in [2.05, 4.69) is 9.97 Å². The number of aliphatic carboxylic acids is 1. The SMILES string of the molecule is Cc1nc(C(N)C(=O)O)cnc1Cl. The molecule has 0 spiro atoms. The van der Waals surface area contributed by atoms with Crippen molar-refractivity contribution in [3.63, 3.8) is 0 Å². The van der Waals surface area contributed by atoms with E-state index in [4.69, 9.17) is 22.4 Å². The van der Waals surface area contributed by atoms with Crippen LogP contribution < -0.4 is 5.73 Å². The van der Waals surface area contributed by atoms with Crippen molar-refractivity contribution in [1.29, 1.82) is 0 Å². The van der Waals surface area contributed by atoms with Crippen molar-refractivity contribution >= 4 is 17.6 Å². The van der Waals surface area contributed by atoms with E-state index in [1.54, 1.807) is 6.92 Å². The molecule has 1 unspecified atom stereocenters. The second kappa shape index (κ2) is 3.68. The van der Waals surface area contributed by atoms with Gasteiger partial charge in [0, 0.05) is 0 Å². The molecule has 1 aromatic heterocycles. The van der Waals surface area contributed by atoms with E-state index in [9.17, 15) is 4.79 Å². The molecule has 1 aromatic rings. The van der Waals surface area contributed by atoms with Crippen LogP contribution in [0.2, 0.25) is 5.15 Å². The lowest BCUT2D eigenvalue weighted by Gasteiger charge is -2.05. The summed E-state index contributed by atoms with van der Waals surface area (Å²) in [4.78, 5) is 18.1. The Bertz CT molecular complexity index is 343. The molecule has 0 aliphatic carbocycles. The minimum absolute atomic E-state index is 0.203. The Morgan fingerprint density at radius 3 is 2.85 bits per heavy atom. The fourth-order valence-corrected chi connectivity index (χ4v) is 0.852. The van der Waals surface area contributed by atoms with Crippen LogP contribution in [0.4, 0.5) is 0 Å². The summed E-state index contributed by atoms with van der Waals surface area (Å²) < 4.78 is 0. The Hall–Kier alpha value is -1.20. The summed E-state index contributed by atoms with van der Waals surface area (Å²) in [6.07, 6.45) is 1.26. The summed E-state index contributed by atoms with van der Waals surface area (Å²) in [5.41, 5.74) is 5.98. The highest BCUT2D eigenvalue weighted by Crippen LogP contribution is 2.12. The van der Waals surface area contributed by atoms with Gasteiger partial charge >= 0.3 is 5.97 Å². The van der Waals surface area contributed by atoms with Gasteiger partial charge in [-0.25, -0.2) is 4.98 Å². The second-order valence-corrected chi connectivity index (χ2v) is 2.85. The van der Waals surface area contributed by atoms with Crippen molar-refractivity contribution in [3.05, 3.63) is 22.7 Å². The van der Waals surface area contributed by atoms with Crippen LogP contribution in [-0.2, 0) is 4.79 Å². The number of carboxylic acid groups (broad SMARTS) is 1. The molecule has 1 atom stereocenters. The van der Waals surface area contributed by atoms with Crippen LogP contribution in [0.1, 0.15) is 17.4 Å². The topological polar surface area (TPSA) is 89.1 Å². The van der Waals surface area contributed by atoms with Gasteiger partial charge in [-0.3, -0.25) is 9.78 Å². The Kier molecular flexibility index (Phi) is 2.79. The third-order valence-corrected chi connectivity index (χ3v) is 1.86. The predicted octanol–water partition coefficient (Wildman–Crippen LogP) is 0.523. The fourth-order valence-electron chi connectivity index (χ4n) is 0.761. The molecule has 0 saturated heterocycles. The predicted molar refractivity (Wildman–Crippen MR) is 46.3 cm³/mol. The van der Waals surface area contributed by atoms with Gasteiger partial charge in [-0.05, 0) is 6.92 Å². The van der Waals surface area contributed by atoms with E-state index in [0.717, 1.165) is 0 Å². The van der Waals surface area contributed by atoms with Gasteiger partial charge in [0.05, 0.1) is 17.6 Å². The number of aryl methyl sites for hydroxylation is 1. The monoisotopic (exact) mass is 201 g/mol. The van der Waals surface area contributed by atoms with Gasteiger partial charge in [0.25, 0.3) is 0 Å². The maximum Gasteiger partial charge on any atom is 0.326 e. The number of halogens is 1. The van der Waals surface area contributed by atoms with Gasteiger partial charge < -0.3 is 10.8 Å². The zero-order valence-corrected chi connectivity index (χ0v) is 7.62. The maximum atomic E-state index is 10.5. The first-order chi connectivity index (χ1) is 6.02. The molecular formula is C7H8ClN3O2. The molecule has 13 heavy (non-hydrogen) atoms. The minimum atomic E-state index is -1.15. The summed E-state index contributed by atoms with van der Waals surface area (Å²) in [6.45, 7) is 1.63. The largest absolute Gasteiger partial charge is 0.480 e. The van der Waals surface area contributed by atoms with Gasteiger partial charge in [-0.2, -0.15) is 0 Å². The summed E-state index contributed by atoms with van der Waals surface area (Å²) in [6, 6.07) is -1.15. The van der Waals surface area contributed by atoms with Gasteiger partial charge in [-0.15, -0.1) is 0 Å². The zero-order valence-electron chi connectivity index (χ0n) is 6.86. The molecule has 0 aliphatic heterocycles. The maximum absolute atomic E-state index is 10.5. The highest BCUT2D eigenvalue weighted by Gasteiger charge is 2.16. The number of nitrogens with two attached hydrogens (primary N) is 1. The summed E-state index contributed by atoms with van der Waals surface area (Å²) >= 11 is 5.60. The standard InChI is InChI=1S/C7H8ClN3O2/c1-3-6(8)10-2-4(11-3)5(9)7(12)13/h2,5H,9H2,1H3,(H,12,13). The van der Waals surface area contributed by atoms with Gasteiger partial charge in [0.1, 0.15) is 11.2 Å². The lowest BCUT2D eigenvalue weighted by molar-refractivity contribution is -0.138. The average Bonchev–Trinajstić information content (AvgIpc) is 2.08. The van der Waals surface area contributed by atoms with E-state index in [0.29, 0.717) is 5.69 Å². The van der Waals surface area contributed by atoms with Crippen molar-refractivity contribution in [3.8, 4) is 0 Å². The number of hydrogen-bond donors (Lipinski definition) is 2. The summed E-state index contributed by atoms with van der Waals surface area (Å²) in [5, 5.41) is 8.82. The van der Waals surface area contributed by atoms with Crippen LogP contribution in [0, 0.1) is 6.92 Å². The van der Waals surface area contributed by atoms with Crippen LogP contribution in [0.25, 0.3) is 0 Å². The Morgan fingerprint density at radius 1 is 1.77 bits per heavy atom. The molecular weight excluding hydrogens is 194 g/mol. The number of carbonyl (C=O) groups is 1. The third kappa shape index (κ3) is 2.13. The average molecular weight is 202 g/mol. The number of aromatic nitrogens is 2. The molecule has 3 N–H and O–H groups in total. The minimum Gasteiger partial charge on any atom is -0.480 e. The molecule has 0 bridgehead atoms. The molecule has 0 amide bonds. The number of rotatable bonds is 2. The van der Waals surface area contributed by atoms with Gasteiger partial charge in [-0.1, -0.05) is 11.6 Å². The van der Waals surface area contributed by atoms with Crippen molar-refractivity contribution in [2.45, 2.75) is 13.0 Å². The van der Waals surface area contributed by atoms with Crippen LogP contribution in [-0.4, -0.2) is 21.0 Å². The second-order valence-electron chi connectivity index (χ2n) is 2.49. The lowest BCUT2D eigenvalue weighted by Crippen LogP contribution is -2.22. The highest BCUT2D eigenvalue weighted by molar-refractivity contribution is 6.29. The summed E-state index contributed by atoms with van der Waals surface area (Å²) in [5.74, 6) is -1.14. The fraction of sp³-hybridized carbons (Fsp3) is 0.286. The van der Waals surface area contributed by atoms with Crippen LogP contribution in [0.5, 0.6) is 0 Å². The summed E-state index contributed by atoms with van der Waals surface area (Å²) in [7, 11) is 0. The third-order valence-electron chi connectivity index (χ3n) is 1.49. The molecule has 0 radical (unpaired) electrons. The number of nitrogens with zero attached hydrogens (tertiary/aromatic N) is 2.